The van der Waals surface area contributed by atoms with Gasteiger partial charge in [-0.25, -0.2) is 0 Å². The van der Waals surface area contributed by atoms with Crippen molar-refractivity contribution in [3.05, 3.63) is 74.6 Å². The first-order valence-electron chi connectivity index (χ1n) is 9.98. The molecule has 0 N–H and O–H groups in total. The van der Waals surface area contributed by atoms with Gasteiger partial charge in [0.2, 0.25) is 5.76 Å². The number of carbonyl (C=O) groups excluding carboxylic acids is 1. The van der Waals surface area contributed by atoms with Gasteiger partial charge in [-0.3, -0.25) is 9.59 Å². The average molecular weight is 407 g/mol. The van der Waals surface area contributed by atoms with Crippen molar-refractivity contribution < 1.29 is 18.7 Å². The Morgan fingerprint density at radius 3 is 2.57 bits per heavy atom. The van der Waals surface area contributed by atoms with Crippen LogP contribution in [0.1, 0.15) is 45.3 Å². The van der Waals surface area contributed by atoms with Gasteiger partial charge in [-0.1, -0.05) is 12.1 Å². The Labute approximate surface area is 175 Å². The van der Waals surface area contributed by atoms with Gasteiger partial charge in [-0.05, 0) is 61.2 Å². The molecule has 0 spiro atoms. The highest BCUT2D eigenvalue weighted by molar-refractivity contribution is 5.99. The minimum absolute atomic E-state index is 0.126. The first-order valence-corrected chi connectivity index (χ1v) is 9.98. The number of hydrogen-bond acceptors (Lipinski definition) is 5. The van der Waals surface area contributed by atoms with Crippen LogP contribution in [0.15, 0.2) is 45.6 Å². The van der Waals surface area contributed by atoms with Gasteiger partial charge >= 0.3 is 0 Å². The molecule has 6 heteroatoms. The van der Waals surface area contributed by atoms with Crippen LogP contribution in [-0.2, 0) is 4.74 Å². The molecule has 1 aliphatic heterocycles. The molecule has 0 radical (unpaired) electrons. The summed E-state index contributed by atoms with van der Waals surface area (Å²) in [4.78, 5) is 28.5. The third-order valence-electron chi connectivity index (χ3n) is 5.74. The molecule has 2 heterocycles. The average Bonchev–Trinajstić information content (AvgIpc) is 3.02. The summed E-state index contributed by atoms with van der Waals surface area (Å²) in [5.41, 5.74) is 3.50. The van der Waals surface area contributed by atoms with Crippen LogP contribution < -0.4 is 10.2 Å². The standard InChI is InChI=1S/C24H25NO5/c1-14-11-18-19(12-15(14)2)30-23-20(22(18)26)21(16-7-5-8-17(13-16)29-4)25(24(23)27)9-6-10-28-3/h5,7-8,11-13,21H,6,9-10H2,1-4H3. The summed E-state index contributed by atoms with van der Waals surface area (Å²) in [6.07, 6.45) is 0.655. The summed E-state index contributed by atoms with van der Waals surface area (Å²) in [5, 5.41) is 0.497. The summed E-state index contributed by atoms with van der Waals surface area (Å²) >= 11 is 0. The first kappa shape index (κ1) is 20.2. The molecule has 2 aromatic carbocycles. The van der Waals surface area contributed by atoms with Crippen molar-refractivity contribution in [1.82, 2.24) is 4.90 Å². The smallest absolute Gasteiger partial charge is 0.290 e. The number of benzene rings is 2. The maximum absolute atomic E-state index is 13.5. The van der Waals surface area contributed by atoms with Gasteiger partial charge in [0.1, 0.15) is 11.3 Å². The third-order valence-corrected chi connectivity index (χ3v) is 5.74. The van der Waals surface area contributed by atoms with Crippen molar-refractivity contribution >= 4 is 16.9 Å². The number of rotatable bonds is 6. The number of nitrogens with zero attached hydrogens (tertiary/aromatic N) is 1. The number of amides is 1. The normalized spacial score (nSPS) is 15.7. The van der Waals surface area contributed by atoms with E-state index in [0.717, 1.165) is 16.7 Å². The van der Waals surface area contributed by atoms with Crippen molar-refractivity contribution in [2.45, 2.75) is 26.3 Å². The van der Waals surface area contributed by atoms with E-state index in [2.05, 4.69) is 0 Å². The van der Waals surface area contributed by atoms with Crippen LogP contribution in [-0.4, -0.2) is 38.2 Å². The van der Waals surface area contributed by atoms with E-state index < -0.39 is 6.04 Å². The summed E-state index contributed by atoms with van der Waals surface area (Å²) in [5.74, 6) is 0.522. The SMILES string of the molecule is COCCCN1C(=O)c2oc3cc(C)c(C)cc3c(=O)c2C1c1cccc(OC)c1. The van der Waals surface area contributed by atoms with E-state index in [-0.39, 0.29) is 17.1 Å². The molecule has 1 unspecified atom stereocenters. The molecule has 0 saturated carbocycles. The largest absolute Gasteiger partial charge is 0.497 e. The van der Waals surface area contributed by atoms with Gasteiger partial charge in [-0.15, -0.1) is 0 Å². The quantitative estimate of drug-likeness (QED) is 0.578. The van der Waals surface area contributed by atoms with E-state index in [9.17, 15) is 9.59 Å². The lowest BCUT2D eigenvalue weighted by Crippen LogP contribution is -2.31. The van der Waals surface area contributed by atoms with Gasteiger partial charge in [0.15, 0.2) is 5.43 Å². The molecule has 1 atom stereocenters. The Morgan fingerprint density at radius 2 is 1.83 bits per heavy atom. The zero-order chi connectivity index (χ0) is 21.4. The number of methoxy groups -OCH3 is 2. The molecule has 1 amide bonds. The van der Waals surface area contributed by atoms with E-state index in [1.54, 1.807) is 19.1 Å². The van der Waals surface area contributed by atoms with Crippen LogP contribution in [0, 0.1) is 13.8 Å². The van der Waals surface area contributed by atoms with E-state index in [4.69, 9.17) is 13.9 Å². The Balaban J connectivity index is 1.94. The minimum Gasteiger partial charge on any atom is -0.497 e. The molecular weight excluding hydrogens is 382 g/mol. The predicted molar refractivity (Wildman–Crippen MR) is 114 cm³/mol. The van der Waals surface area contributed by atoms with E-state index in [1.165, 1.54) is 0 Å². The monoisotopic (exact) mass is 407 g/mol. The van der Waals surface area contributed by atoms with Crippen molar-refractivity contribution in [2.75, 3.05) is 27.4 Å². The van der Waals surface area contributed by atoms with Gasteiger partial charge in [0.25, 0.3) is 5.91 Å². The summed E-state index contributed by atoms with van der Waals surface area (Å²) < 4.78 is 16.6. The van der Waals surface area contributed by atoms with E-state index in [0.29, 0.717) is 41.9 Å². The van der Waals surface area contributed by atoms with Crippen LogP contribution in [0.5, 0.6) is 5.75 Å². The fourth-order valence-corrected chi connectivity index (χ4v) is 4.04. The van der Waals surface area contributed by atoms with Crippen LogP contribution in [0.25, 0.3) is 11.0 Å². The lowest BCUT2D eigenvalue weighted by Gasteiger charge is -2.25. The van der Waals surface area contributed by atoms with Gasteiger partial charge in [0.05, 0.1) is 24.1 Å². The van der Waals surface area contributed by atoms with Crippen LogP contribution in [0.2, 0.25) is 0 Å². The predicted octanol–water partition coefficient (Wildman–Crippen LogP) is 4.00. The number of carbonyl (C=O) groups is 1. The Bertz CT molecular complexity index is 1180. The summed E-state index contributed by atoms with van der Waals surface area (Å²) in [6, 6.07) is 10.6. The summed E-state index contributed by atoms with van der Waals surface area (Å²) in [6.45, 7) is 4.89. The lowest BCUT2D eigenvalue weighted by atomic mass is 9.97. The zero-order valence-corrected chi connectivity index (χ0v) is 17.7. The maximum Gasteiger partial charge on any atom is 0.290 e. The van der Waals surface area contributed by atoms with Crippen molar-refractivity contribution in [1.29, 1.82) is 0 Å². The second kappa shape index (κ2) is 7.95. The molecule has 1 aromatic heterocycles. The third kappa shape index (κ3) is 3.27. The zero-order valence-electron chi connectivity index (χ0n) is 17.7. The van der Waals surface area contributed by atoms with E-state index in [1.807, 2.05) is 50.2 Å². The molecule has 1 aliphatic rings. The van der Waals surface area contributed by atoms with Crippen LogP contribution >= 0.6 is 0 Å². The van der Waals surface area contributed by atoms with Crippen LogP contribution in [0.3, 0.4) is 0 Å². The molecular formula is C24H25NO5. The number of ether oxygens (including phenoxy) is 2. The number of aryl methyl sites for hydroxylation is 2. The Hall–Kier alpha value is -3.12. The molecule has 156 valence electrons. The maximum atomic E-state index is 13.5. The Kier molecular flexibility index (Phi) is 5.35. The highest BCUT2D eigenvalue weighted by Gasteiger charge is 2.42. The molecule has 0 bridgehead atoms. The second-order valence-electron chi connectivity index (χ2n) is 7.63. The van der Waals surface area contributed by atoms with Crippen molar-refractivity contribution in [3.63, 3.8) is 0 Å². The van der Waals surface area contributed by atoms with Crippen LogP contribution in [0.4, 0.5) is 0 Å². The highest BCUT2D eigenvalue weighted by Crippen LogP contribution is 2.39. The molecule has 4 rings (SSSR count). The van der Waals surface area contributed by atoms with Gasteiger partial charge < -0.3 is 18.8 Å². The molecule has 30 heavy (non-hydrogen) atoms. The fourth-order valence-electron chi connectivity index (χ4n) is 4.04. The second-order valence-corrected chi connectivity index (χ2v) is 7.63. The lowest BCUT2D eigenvalue weighted by molar-refractivity contribution is 0.0707. The van der Waals surface area contributed by atoms with Gasteiger partial charge in [0, 0.05) is 20.3 Å². The minimum atomic E-state index is -0.526. The van der Waals surface area contributed by atoms with Gasteiger partial charge in [-0.2, -0.15) is 0 Å². The number of fused-ring (bicyclic) bond motifs is 2. The van der Waals surface area contributed by atoms with E-state index >= 15 is 0 Å². The van der Waals surface area contributed by atoms with Crippen molar-refractivity contribution in [2.24, 2.45) is 0 Å². The molecule has 3 aromatic rings. The molecule has 0 saturated heterocycles. The topological polar surface area (TPSA) is 69.0 Å². The molecule has 6 nitrogen and oxygen atoms in total. The summed E-state index contributed by atoms with van der Waals surface area (Å²) in [7, 11) is 3.22. The van der Waals surface area contributed by atoms with Crippen molar-refractivity contribution in [3.8, 4) is 5.75 Å². The Morgan fingerprint density at radius 1 is 1.07 bits per heavy atom. The number of hydrogen-bond donors (Lipinski definition) is 0. The highest BCUT2D eigenvalue weighted by atomic mass is 16.5. The molecule has 0 aliphatic carbocycles. The molecule has 0 fully saturated rings. The first-order chi connectivity index (χ1) is 14.5. The fraction of sp³-hybridized carbons (Fsp3) is 0.333.